The number of likely N-dealkylation sites (tertiary alicyclic amines) is 1. The molecule has 1 aromatic heterocycles. The van der Waals surface area contributed by atoms with Crippen LogP contribution < -0.4 is 10.6 Å². The first-order chi connectivity index (χ1) is 12.7. The monoisotopic (exact) mass is 506 g/mol. The second kappa shape index (κ2) is 11.6. The van der Waals surface area contributed by atoms with Gasteiger partial charge in [-0.25, -0.2) is 0 Å². The Kier molecular flexibility index (Phi) is 9.82. The van der Waals surface area contributed by atoms with Crippen LogP contribution in [0.4, 0.5) is 0 Å². The van der Waals surface area contributed by atoms with Crippen molar-refractivity contribution >= 4 is 41.3 Å². The highest BCUT2D eigenvalue weighted by Crippen LogP contribution is 2.29. The predicted octanol–water partition coefficient (Wildman–Crippen LogP) is 3.75. The minimum absolute atomic E-state index is 0. The van der Waals surface area contributed by atoms with Gasteiger partial charge in [0.05, 0.1) is 18.2 Å². The van der Waals surface area contributed by atoms with E-state index < -0.39 is 5.60 Å². The Balaban J connectivity index is 0.00000261. The molecule has 2 aliphatic rings. The number of nitrogens with zero attached hydrogens (tertiary/aromatic N) is 2. The summed E-state index contributed by atoms with van der Waals surface area (Å²) in [6, 6.07) is 4.78. The van der Waals surface area contributed by atoms with Crippen molar-refractivity contribution in [3.63, 3.8) is 0 Å². The molecule has 3 rings (SSSR count). The maximum absolute atomic E-state index is 10.7. The third-order valence-electron chi connectivity index (χ3n) is 5.58. The largest absolute Gasteiger partial charge is 0.388 e. The summed E-state index contributed by atoms with van der Waals surface area (Å²) in [5.41, 5.74) is -0.608. The quantitative estimate of drug-likeness (QED) is 0.300. The average molecular weight is 506 g/mol. The Morgan fingerprint density at radius 3 is 2.59 bits per heavy atom. The zero-order valence-electron chi connectivity index (χ0n) is 16.5. The molecule has 1 unspecified atom stereocenters. The Bertz CT molecular complexity index is 554. The van der Waals surface area contributed by atoms with E-state index in [1.54, 1.807) is 0 Å². The molecule has 0 amide bonds. The molecule has 1 saturated carbocycles. The molecule has 3 N–H and O–H groups in total. The summed E-state index contributed by atoms with van der Waals surface area (Å²) in [5.74, 6) is 0.826. The van der Waals surface area contributed by atoms with Gasteiger partial charge in [-0.3, -0.25) is 9.89 Å². The molecule has 1 saturated heterocycles. The van der Waals surface area contributed by atoms with E-state index in [2.05, 4.69) is 40.0 Å². The second-order valence-electron chi connectivity index (χ2n) is 7.64. The minimum atomic E-state index is -0.608. The van der Waals surface area contributed by atoms with Gasteiger partial charge in [-0.2, -0.15) is 0 Å². The molecule has 5 nitrogen and oxygen atoms in total. The molecule has 0 bridgehead atoms. The van der Waals surface area contributed by atoms with Gasteiger partial charge in [-0.15, -0.1) is 35.3 Å². The lowest BCUT2D eigenvalue weighted by atomic mass is 9.85. The van der Waals surface area contributed by atoms with Gasteiger partial charge in [-0.1, -0.05) is 25.3 Å². The van der Waals surface area contributed by atoms with Crippen LogP contribution in [0.15, 0.2) is 22.5 Å². The van der Waals surface area contributed by atoms with Gasteiger partial charge in [0.2, 0.25) is 0 Å². The van der Waals surface area contributed by atoms with E-state index in [9.17, 15) is 5.11 Å². The fourth-order valence-electron chi connectivity index (χ4n) is 4.07. The molecule has 0 aromatic carbocycles. The van der Waals surface area contributed by atoms with Crippen LogP contribution in [0.5, 0.6) is 0 Å². The standard InChI is InChI=1S/C20H34N4OS.HI/c1-2-21-19(23-16-20(25)10-4-3-5-11-20)22-15-17(18-9-8-14-26-18)24-12-6-7-13-24;/h8-9,14,17,25H,2-7,10-13,15-16H2,1H3,(H2,21,22,23);1H. The summed E-state index contributed by atoms with van der Waals surface area (Å²) in [7, 11) is 0. The van der Waals surface area contributed by atoms with Crippen LogP contribution in [-0.4, -0.2) is 54.3 Å². The maximum Gasteiger partial charge on any atom is 0.191 e. The number of nitrogens with one attached hydrogen (secondary N) is 2. The van der Waals surface area contributed by atoms with Gasteiger partial charge in [0.15, 0.2) is 5.96 Å². The Morgan fingerprint density at radius 2 is 1.96 bits per heavy atom. The zero-order chi connectivity index (χ0) is 18.2. The number of thiophene rings is 1. The molecule has 0 spiro atoms. The van der Waals surface area contributed by atoms with Crippen molar-refractivity contribution in [2.75, 3.05) is 32.7 Å². The lowest BCUT2D eigenvalue weighted by Crippen LogP contribution is -2.44. The van der Waals surface area contributed by atoms with Gasteiger partial charge in [0.1, 0.15) is 0 Å². The van der Waals surface area contributed by atoms with Crippen molar-refractivity contribution in [2.24, 2.45) is 4.99 Å². The predicted molar refractivity (Wildman–Crippen MR) is 125 cm³/mol. The SMILES string of the molecule is CCNC(=NCC1(O)CCCCC1)NCC(c1cccs1)N1CCCC1.I. The number of halogens is 1. The van der Waals surface area contributed by atoms with Gasteiger partial charge in [0.25, 0.3) is 0 Å². The van der Waals surface area contributed by atoms with Gasteiger partial charge in [-0.05, 0) is 57.1 Å². The zero-order valence-corrected chi connectivity index (χ0v) is 19.6. The molecule has 2 heterocycles. The summed E-state index contributed by atoms with van der Waals surface area (Å²) < 4.78 is 0. The number of aliphatic imine (C=N–C) groups is 1. The number of rotatable bonds is 7. The first-order valence-corrected chi connectivity index (χ1v) is 11.1. The fourth-order valence-corrected chi connectivity index (χ4v) is 4.93. The normalized spacial score (nSPS) is 21.5. The third-order valence-corrected chi connectivity index (χ3v) is 6.55. The molecule has 1 aliphatic heterocycles. The first-order valence-electron chi connectivity index (χ1n) is 10.2. The van der Waals surface area contributed by atoms with E-state index in [-0.39, 0.29) is 24.0 Å². The molecule has 2 fully saturated rings. The van der Waals surface area contributed by atoms with Gasteiger partial charge < -0.3 is 15.7 Å². The molecule has 154 valence electrons. The van der Waals surface area contributed by atoms with E-state index in [0.717, 1.165) is 44.7 Å². The van der Waals surface area contributed by atoms with E-state index in [1.165, 1.54) is 37.2 Å². The number of hydrogen-bond donors (Lipinski definition) is 3. The van der Waals surface area contributed by atoms with Crippen LogP contribution in [0.2, 0.25) is 0 Å². The van der Waals surface area contributed by atoms with Crippen molar-refractivity contribution in [1.82, 2.24) is 15.5 Å². The van der Waals surface area contributed by atoms with E-state index in [0.29, 0.717) is 12.6 Å². The molecule has 7 heteroatoms. The van der Waals surface area contributed by atoms with Crippen LogP contribution in [0.3, 0.4) is 0 Å². The summed E-state index contributed by atoms with van der Waals surface area (Å²) in [4.78, 5) is 8.72. The lowest BCUT2D eigenvalue weighted by Gasteiger charge is -2.31. The molecule has 1 atom stereocenters. The summed E-state index contributed by atoms with van der Waals surface area (Å²) in [5, 5.41) is 19.8. The molecule has 0 radical (unpaired) electrons. The average Bonchev–Trinajstić information content (AvgIpc) is 3.35. The maximum atomic E-state index is 10.7. The van der Waals surface area contributed by atoms with Crippen molar-refractivity contribution < 1.29 is 5.11 Å². The van der Waals surface area contributed by atoms with Crippen LogP contribution in [0.1, 0.15) is 62.8 Å². The molecular formula is C20H35IN4OS. The molecular weight excluding hydrogens is 471 g/mol. The smallest absolute Gasteiger partial charge is 0.191 e. The van der Waals surface area contributed by atoms with Crippen LogP contribution in [0, 0.1) is 0 Å². The topological polar surface area (TPSA) is 59.9 Å². The van der Waals surface area contributed by atoms with Crippen LogP contribution >= 0.6 is 35.3 Å². The highest BCUT2D eigenvalue weighted by Gasteiger charge is 2.29. The Labute approximate surface area is 185 Å². The van der Waals surface area contributed by atoms with E-state index in [4.69, 9.17) is 4.99 Å². The van der Waals surface area contributed by atoms with Crippen LogP contribution in [0.25, 0.3) is 0 Å². The number of hydrogen-bond acceptors (Lipinski definition) is 4. The van der Waals surface area contributed by atoms with Crippen molar-refractivity contribution in [3.8, 4) is 0 Å². The highest BCUT2D eigenvalue weighted by atomic mass is 127. The van der Waals surface area contributed by atoms with Crippen molar-refractivity contribution in [3.05, 3.63) is 22.4 Å². The van der Waals surface area contributed by atoms with Crippen molar-refractivity contribution in [1.29, 1.82) is 0 Å². The van der Waals surface area contributed by atoms with Gasteiger partial charge >= 0.3 is 0 Å². The summed E-state index contributed by atoms with van der Waals surface area (Å²) in [6.45, 7) is 6.62. The molecule has 1 aliphatic carbocycles. The van der Waals surface area contributed by atoms with Crippen LogP contribution in [-0.2, 0) is 0 Å². The summed E-state index contributed by atoms with van der Waals surface area (Å²) in [6.07, 6.45) is 7.81. The number of aliphatic hydroxyl groups is 1. The highest BCUT2D eigenvalue weighted by molar-refractivity contribution is 14.0. The second-order valence-corrected chi connectivity index (χ2v) is 8.61. The van der Waals surface area contributed by atoms with Gasteiger partial charge in [0, 0.05) is 18.0 Å². The van der Waals surface area contributed by atoms with E-state index in [1.807, 2.05) is 11.3 Å². The first kappa shape index (κ1) is 22.9. The third kappa shape index (κ3) is 6.87. The number of guanidine groups is 1. The van der Waals surface area contributed by atoms with E-state index >= 15 is 0 Å². The Morgan fingerprint density at radius 1 is 1.22 bits per heavy atom. The minimum Gasteiger partial charge on any atom is -0.388 e. The fraction of sp³-hybridized carbons (Fsp3) is 0.750. The summed E-state index contributed by atoms with van der Waals surface area (Å²) >= 11 is 1.84. The molecule has 1 aromatic rings. The Hall–Kier alpha value is -0.380. The molecule has 27 heavy (non-hydrogen) atoms. The lowest BCUT2D eigenvalue weighted by molar-refractivity contribution is 0.0131. The van der Waals surface area contributed by atoms with Crippen molar-refractivity contribution in [2.45, 2.75) is 63.5 Å².